The van der Waals surface area contributed by atoms with Crippen molar-refractivity contribution in [2.24, 2.45) is 11.8 Å². The van der Waals surface area contributed by atoms with E-state index in [1.54, 1.807) is 0 Å². The van der Waals surface area contributed by atoms with Gasteiger partial charge in [-0.25, -0.2) is 0 Å². The zero-order valence-corrected chi connectivity index (χ0v) is 13.4. The number of rotatable bonds is 3. The molecule has 18 heavy (non-hydrogen) atoms. The number of fused-ring (bicyclic) bond motifs is 3. The van der Waals surface area contributed by atoms with Gasteiger partial charge in [0.25, 0.3) is 0 Å². The average Bonchev–Trinajstić information content (AvgIpc) is 2.46. The lowest BCUT2D eigenvalue weighted by atomic mass is 9.68. The zero-order chi connectivity index (χ0) is 13.7. The van der Waals surface area contributed by atoms with Crippen LogP contribution in [0.3, 0.4) is 0 Å². The summed E-state index contributed by atoms with van der Waals surface area (Å²) in [5.74, 6) is 1.85. The molecule has 3 unspecified atom stereocenters. The van der Waals surface area contributed by atoms with Crippen molar-refractivity contribution in [2.45, 2.75) is 78.0 Å². The molecule has 3 aliphatic rings. The highest BCUT2D eigenvalue weighted by molar-refractivity contribution is 5.09. The van der Waals surface area contributed by atoms with Crippen molar-refractivity contribution in [1.29, 1.82) is 0 Å². The van der Waals surface area contributed by atoms with Gasteiger partial charge in [0.05, 0.1) is 0 Å². The summed E-state index contributed by atoms with van der Waals surface area (Å²) < 4.78 is 0. The monoisotopic (exact) mass is 252 g/mol. The number of likely N-dealkylation sites (N-methyl/N-ethyl adjacent to an activating group) is 1. The molecule has 1 aliphatic carbocycles. The molecular weight excluding hydrogens is 220 g/mol. The minimum Gasteiger partial charge on any atom is -0.302 e. The Morgan fingerprint density at radius 1 is 1.28 bits per heavy atom. The van der Waals surface area contributed by atoms with Crippen LogP contribution >= 0.6 is 0 Å². The quantitative estimate of drug-likeness (QED) is 0.761. The third kappa shape index (κ3) is 2.02. The van der Waals surface area contributed by atoms with Crippen molar-refractivity contribution < 1.29 is 0 Å². The Bertz CT molecular complexity index is 297. The molecule has 2 aliphatic heterocycles. The third-order valence-corrected chi connectivity index (χ3v) is 5.85. The summed E-state index contributed by atoms with van der Waals surface area (Å²) >= 11 is 0. The molecule has 106 valence electrons. The summed E-state index contributed by atoms with van der Waals surface area (Å²) in [6.45, 7) is 15.6. The van der Waals surface area contributed by atoms with E-state index in [1.165, 1.54) is 12.8 Å². The fourth-order valence-electron chi connectivity index (χ4n) is 4.70. The Balaban J connectivity index is 2.33. The Labute approximate surface area is 114 Å². The predicted octanol–water partition coefficient (Wildman–Crippen LogP) is 3.22. The molecule has 0 aromatic heterocycles. The smallest absolute Gasteiger partial charge is 0.0314 e. The first-order chi connectivity index (χ1) is 8.30. The predicted molar refractivity (Wildman–Crippen MR) is 78.8 cm³/mol. The molecule has 0 radical (unpaired) electrons. The van der Waals surface area contributed by atoms with Crippen molar-refractivity contribution in [1.82, 2.24) is 9.80 Å². The lowest BCUT2D eigenvalue weighted by Crippen LogP contribution is -2.62. The van der Waals surface area contributed by atoms with Crippen molar-refractivity contribution in [3.63, 3.8) is 0 Å². The van der Waals surface area contributed by atoms with E-state index in [-0.39, 0.29) is 0 Å². The van der Waals surface area contributed by atoms with E-state index in [0.29, 0.717) is 17.6 Å². The molecule has 0 aromatic carbocycles. The molecule has 0 amide bonds. The first-order valence-electron chi connectivity index (χ1n) is 7.79. The summed E-state index contributed by atoms with van der Waals surface area (Å²) in [5, 5.41) is 0. The van der Waals surface area contributed by atoms with E-state index in [4.69, 9.17) is 0 Å². The molecule has 2 heterocycles. The van der Waals surface area contributed by atoms with E-state index in [0.717, 1.165) is 24.4 Å². The lowest BCUT2D eigenvalue weighted by molar-refractivity contribution is -0.0445. The first kappa shape index (κ1) is 14.3. The number of hydrogen-bond donors (Lipinski definition) is 0. The van der Waals surface area contributed by atoms with Crippen LogP contribution in [0.4, 0.5) is 0 Å². The summed E-state index contributed by atoms with van der Waals surface area (Å²) in [7, 11) is 2.30. The molecule has 2 heteroatoms. The minimum absolute atomic E-state index is 0.295. The van der Waals surface area contributed by atoms with Gasteiger partial charge < -0.3 is 4.90 Å². The van der Waals surface area contributed by atoms with E-state index in [1.807, 2.05) is 0 Å². The van der Waals surface area contributed by atoms with Gasteiger partial charge in [0, 0.05) is 23.7 Å². The van der Waals surface area contributed by atoms with Crippen LogP contribution in [0.15, 0.2) is 0 Å². The van der Waals surface area contributed by atoms with E-state index < -0.39 is 0 Å². The SMILES string of the molecule is CCN(C)C1CC2CC([C@H]2C)N(C(C)C)C1(C)C. The van der Waals surface area contributed by atoms with Crippen LogP contribution < -0.4 is 0 Å². The highest BCUT2D eigenvalue weighted by atomic mass is 15.3. The minimum atomic E-state index is 0.295. The molecule has 0 N–H and O–H groups in total. The van der Waals surface area contributed by atoms with Crippen molar-refractivity contribution in [3.8, 4) is 0 Å². The fourth-order valence-corrected chi connectivity index (χ4v) is 4.70. The van der Waals surface area contributed by atoms with Crippen LogP contribution in [0.2, 0.25) is 0 Å². The maximum atomic E-state index is 2.82. The molecule has 3 fully saturated rings. The van der Waals surface area contributed by atoms with Crippen LogP contribution in [0.5, 0.6) is 0 Å². The largest absolute Gasteiger partial charge is 0.302 e. The lowest BCUT2D eigenvalue weighted by Gasteiger charge is -2.53. The fraction of sp³-hybridized carbons (Fsp3) is 1.00. The molecule has 1 saturated carbocycles. The van der Waals surface area contributed by atoms with Gasteiger partial charge in [-0.1, -0.05) is 13.8 Å². The second kappa shape index (κ2) is 4.79. The van der Waals surface area contributed by atoms with Gasteiger partial charge in [-0.05, 0) is 66.0 Å². The Kier molecular flexibility index (Phi) is 3.81. The normalized spacial score (nSPS) is 39.8. The van der Waals surface area contributed by atoms with Gasteiger partial charge in [-0.15, -0.1) is 0 Å². The number of hydrogen-bond acceptors (Lipinski definition) is 2. The van der Waals surface area contributed by atoms with Gasteiger partial charge >= 0.3 is 0 Å². The Morgan fingerprint density at radius 3 is 2.33 bits per heavy atom. The van der Waals surface area contributed by atoms with E-state index in [9.17, 15) is 0 Å². The highest BCUT2D eigenvalue weighted by Crippen LogP contribution is 2.50. The van der Waals surface area contributed by atoms with Crippen LogP contribution in [-0.4, -0.2) is 47.1 Å². The van der Waals surface area contributed by atoms with Crippen LogP contribution in [0.1, 0.15) is 54.4 Å². The van der Waals surface area contributed by atoms with Gasteiger partial charge in [0.1, 0.15) is 0 Å². The molecule has 3 rings (SSSR count). The molecular formula is C16H32N2. The standard InChI is InChI=1S/C16H32N2/c1-8-17(7)15-10-13-9-14(12(13)4)18(11(2)3)16(15,5)6/h11-15H,8-10H2,1-7H3/t12-,13?,14?,15?/m0/s1. The second-order valence-corrected chi connectivity index (χ2v) is 7.40. The molecule has 2 nitrogen and oxygen atoms in total. The summed E-state index contributed by atoms with van der Waals surface area (Å²) in [6, 6.07) is 2.17. The molecule has 0 spiro atoms. The molecule has 4 atom stereocenters. The van der Waals surface area contributed by atoms with Crippen molar-refractivity contribution in [3.05, 3.63) is 0 Å². The van der Waals surface area contributed by atoms with Gasteiger partial charge in [-0.3, -0.25) is 4.90 Å². The first-order valence-corrected chi connectivity index (χ1v) is 7.79. The van der Waals surface area contributed by atoms with E-state index in [2.05, 4.69) is 58.4 Å². The van der Waals surface area contributed by atoms with Gasteiger partial charge in [-0.2, -0.15) is 0 Å². The van der Waals surface area contributed by atoms with Gasteiger partial charge in [0.15, 0.2) is 0 Å². The van der Waals surface area contributed by atoms with E-state index >= 15 is 0 Å². The summed E-state index contributed by atoms with van der Waals surface area (Å²) in [5.41, 5.74) is 0.295. The Morgan fingerprint density at radius 2 is 1.89 bits per heavy atom. The Hall–Kier alpha value is -0.0800. The molecule has 2 saturated heterocycles. The van der Waals surface area contributed by atoms with Crippen LogP contribution in [0.25, 0.3) is 0 Å². The maximum absolute atomic E-state index is 2.82. The summed E-state index contributed by atoms with van der Waals surface area (Å²) in [4.78, 5) is 5.39. The summed E-state index contributed by atoms with van der Waals surface area (Å²) in [6.07, 6.45) is 2.81. The second-order valence-electron chi connectivity index (χ2n) is 7.40. The highest BCUT2D eigenvalue weighted by Gasteiger charge is 2.54. The molecule has 0 aromatic rings. The van der Waals surface area contributed by atoms with Crippen molar-refractivity contribution >= 4 is 0 Å². The molecule has 2 bridgehead atoms. The topological polar surface area (TPSA) is 6.48 Å². The van der Waals surface area contributed by atoms with Crippen LogP contribution in [-0.2, 0) is 0 Å². The average molecular weight is 252 g/mol. The number of nitrogens with zero attached hydrogens (tertiary/aromatic N) is 2. The maximum Gasteiger partial charge on any atom is 0.0314 e. The van der Waals surface area contributed by atoms with Crippen molar-refractivity contribution in [2.75, 3.05) is 13.6 Å². The van der Waals surface area contributed by atoms with Crippen LogP contribution in [0, 0.1) is 11.8 Å². The third-order valence-electron chi connectivity index (χ3n) is 5.85. The zero-order valence-electron chi connectivity index (χ0n) is 13.4. The van der Waals surface area contributed by atoms with Gasteiger partial charge in [0.2, 0.25) is 0 Å².